The first-order chi connectivity index (χ1) is 14.2. The van der Waals surface area contributed by atoms with Crippen LogP contribution in [0.1, 0.15) is 18.9 Å². The molecule has 156 valence electrons. The number of amides is 2. The Hall–Kier alpha value is -3.23. The first kappa shape index (κ1) is 21.5. The average molecular weight is 450 g/mol. The maximum atomic E-state index is 12.6. The third-order valence-electron chi connectivity index (χ3n) is 4.12. The van der Waals surface area contributed by atoms with E-state index in [1.807, 2.05) is 0 Å². The number of halogens is 2. The van der Waals surface area contributed by atoms with Crippen LogP contribution < -0.4 is 16.0 Å². The zero-order chi connectivity index (χ0) is 21.8. The molecule has 0 fully saturated rings. The van der Waals surface area contributed by atoms with Gasteiger partial charge in [0.2, 0.25) is 11.8 Å². The summed E-state index contributed by atoms with van der Waals surface area (Å²) in [6.07, 6.45) is -0.928. The molecule has 2 aromatic rings. The monoisotopic (exact) mass is 449 g/mol. The molecule has 0 saturated heterocycles. The van der Waals surface area contributed by atoms with E-state index in [0.717, 1.165) is 0 Å². The van der Waals surface area contributed by atoms with Gasteiger partial charge in [-0.2, -0.15) is 0 Å². The SMILES string of the molecule is CC(=O)Nc1ccc(NC(=O)/C=C2\CC(OC(=O)O)Nc3cc(Cl)cc(Cl)c32)cc1. The van der Waals surface area contributed by atoms with Crippen LogP contribution in [0.3, 0.4) is 0 Å². The molecule has 0 saturated carbocycles. The summed E-state index contributed by atoms with van der Waals surface area (Å²) in [5, 5.41) is 17.8. The van der Waals surface area contributed by atoms with Crippen molar-refractivity contribution in [3.63, 3.8) is 0 Å². The van der Waals surface area contributed by atoms with Gasteiger partial charge in [-0.15, -0.1) is 0 Å². The van der Waals surface area contributed by atoms with E-state index >= 15 is 0 Å². The Morgan fingerprint density at radius 1 is 1.13 bits per heavy atom. The summed E-state index contributed by atoms with van der Waals surface area (Å²) in [4.78, 5) is 34.6. The molecule has 3 rings (SSSR count). The van der Waals surface area contributed by atoms with Crippen molar-refractivity contribution in [1.29, 1.82) is 0 Å². The molecule has 2 aromatic carbocycles. The quantitative estimate of drug-likeness (QED) is 0.393. The zero-order valence-electron chi connectivity index (χ0n) is 15.7. The van der Waals surface area contributed by atoms with Gasteiger partial charge in [0.15, 0.2) is 6.23 Å². The van der Waals surface area contributed by atoms with Crippen molar-refractivity contribution in [2.45, 2.75) is 19.6 Å². The summed E-state index contributed by atoms with van der Waals surface area (Å²) >= 11 is 12.3. The number of rotatable bonds is 4. The van der Waals surface area contributed by atoms with Crippen LogP contribution in [0.2, 0.25) is 10.0 Å². The molecule has 2 amide bonds. The lowest BCUT2D eigenvalue weighted by Crippen LogP contribution is -2.30. The van der Waals surface area contributed by atoms with Crippen molar-refractivity contribution < 1.29 is 24.2 Å². The van der Waals surface area contributed by atoms with E-state index in [4.69, 9.17) is 33.0 Å². The summed E-state index contributed by atoms with van der Waals surface area (Å²) in [6, 6.07) is 9.70. The molecule has 1 atom stereocenters. The number of anilines is 3. The zero-order valence-corrected chi connectivity index (χ0v) is 17.2. The first-order valence-electron chi connectivity index (χ1n) is 8.76. The number of ether oxygens (including phenoxy) is 1. The van der Waals surface area contributed by atoms with Crippen LogP contribution in [-0.2, 0) is 14.3 Å². The molecular weight excluding hydrogens is 433 g/mol. The van der Waals surface area contributed by atoms with E-state index < -0.39 is 18.3 Å². The Balaban J connectivity index is 1.84. The molecule has 1 aliphatic heterocycles. The Kier molecular flexibility index (Phi) is 6.49. The van der Waals surface area contributed by atoms with Crippen molar-refractivity contribution in [1.82, 2.24) is 0 Å². The largest absolute Gasteiger partial charge is 0.507 e. The number of benzene rings is 2. The third-order valence-corrected chi connectivity index (χ3v) is 4.64. The second-order valence-electron chi connectivity index (χ2n) is 6.45. The van der Waals surface area contributed by atoms with Crippen LogP contribution in [0.25, 0.3) is 5.57 Å². The van der Waals surface area contributed by atoms with Crippen molar-refractivity contribution >= 4 is 63.8 Å². The molecule has 1 aliphatic rings. The van der Waals surface area contributed by atoms with E-state index in [1.165, 1.54) is 19.1 Å². The van der Waals surface area contributed by atoms with Crippen molar-refractivity contribution in [2.24, 2.45) is 0 Å². The minimum absolute atomic E-state index is 0.0928. The van der Waals surface area contributed by atoms with Crippen LogP contribution in [0.5, 0.6) is 0 Å². The topological polar surface area (TPSA) is 117 Å². The normalized spacial score (nSPS) is 16.2. The molecule has 1 heterocycles. The summed E-state index contributed by atoms with van der Waals surface area (Å²) in [7, 11) is 0. The number of carbonyl (C=O) groups is 3. The van der Waals surface area contributed by atoms with Gasteiger partial charge in [-0.3, -0.25) is 9.59 Å². The van der Waals surface area contributed by atoms with E-state index in [-0.39, 0.29) is 12.3 Å². The number of carbonyl (C=O) groups excluding carboxylic acids is 2. The molecule has 30 heavy (non-hydrogen) atoms. The van der Waals surface area contributed by atoms with Gasteiger partial charge in [0.25, 0.3) is 0 Å². The number of hydrogen-bond acceptors (Lipinski definition) is 5. The number of hydrogen-bond donors (Lipinski definition) is 4. The summed E-state index contributed by atoms with van der Waals surface area (Å²) in [6.45, 7) is 1.40. The fourth-order valence-electron chi connectivity index (χ4n) is 3.04. The fraction of sp³-hybridized carbons (Fsp3) is 0.150. The molecule has 4 N–H and O–H groups in total. The highest BCUT2D eigenvalue weighted by Gasteiger charge is 2.27. The Labute approximate surface area is 181 Å². The van der Waals surface area contributed by atoms with E-state index in [0.29, 0.717) is 38.2 Å². The highest BCUT2D eigenvalue weighted by molar-refractivity contribution is 6.36. The van der Waals surface area contributed by atoms with Gasteiger partial charge in [-0.05, 0) is 42.0 Å². The number of fused-ring (bicyclic) bond motifs is 1. The van der Waals surface area contributed by atoms with Gasteiger partial charge in [0, 0.05) is 47.1 Å². The Bertz CT molecular complexity index is 1040. The third kappa shape index (κ3) is 5.43. The number of nitrogens with one attached hydrogen (secondary N) is 3. The number of carboxylic acid groups (broad SMARTS) is 1. The average Bonchev–Trinajstić information content (AvgIpc) is 2.61. The Morgan fingerprint density at radius 2 is 1.77 bits per heavy atom. The maximum Gasteiger partial charge on any atom is 0.507 e. The van der Waals surface area contributed by atoms with Gasteiger partial charge in [0.05, 0.1) is 5.02 Å². The molecule has 10 heteroatoms. The molecule has 1 unspecified atom stereocenters. The molecule has 8 nitrogen and oxygen atoms in total. The van der Waals surface area contributed by atoms with Crippen LogP contribution >= 0.6 is 23.2 Å². The minimum atomic E-state index is -1.45. The predicted molar refractivity (Wildman–Crippen MR) is 115 cm³/mol. The highest BCUT2D eigenvalue weighted by atomic mass is 35.5. The summed E-state index contributed by atoms with van der Waals surface area (Å²) < 4.78 is 4.82. The second kappa shape index (κ2) is 9.06. The summed E-state index contributed by atoms with van der Waals surface area (Å²) in [5.74, 6) is -0.638. The smallest absolute Gasteiger partial charge is 0.450 e. The lowest BCUT2D eigenvalue weighted by molar-refractivity contribution is -0.114. The highest BCUT2D eigenvalue weighted by Crippen LogP contribution is 2.40. The molecule has 0 radical (unpaired) electrons. The van der Waals surface area contributed by atoms with E-state index in [9.17, 15) is 14.4 Å². The van der Waals surface area contributed by atoms with Crippen molar-refractivity contribution in [3.05, 3.63) is 58.1 Å². The van der Waals surface area contributed by atoms with Crippen molar-refractivity contribution in [2.75, 3.05) is 16.0 Å². The molecule has 0 aromatic heterocycles. The molecule has 0 bridgehead atoms. The molecule has 0 spiro atoms. The second-order valence-corrected chi connectivity index (χ2v) is 7.29. The van der Waals surface area contributed by atoms with Crippen molar-refractivity contribution in [3.8, 4) is 0 Å². The Morgan fingerprint density at radius 3 is 2.37 bits per heavy atom. The van der Waals surface area contributed by atoms with Crippen LogP contribution in [-0.4, -0.2) is 29.3 Å². The van der Waals surface area contributed by atoms with Gasteiger partial charge in [-0.1, -0.05) is 23.2 Å². The van der Waals surface area contributed by atoms with Gasteiger partial charge >= 0.3 is 6.16 Å². The first-order valence-corrected chi connectivity index (χ1v) is 9.51. The van der Waals surface area contributed by atoms with E-state index in [2.05, 4.69) is 16.0 Å². The van der Waals surface area contributed by atoms with E-state index in [1.54, 1.807) is 30.3 Å². The van der Waals surface area contributed by atoms with Gasteiger partial charge in [-0.25, -0.2) is 4.79 Å². The lowest BCUT2D eigenvalue weighted by Gasteiger charge is -2.28. The maximum absolute atomic E-state index is 12.6. The standard InChI is InChI=1S/C20H17Cl2N3O5/c1-10(26)23-13-2-4-14(5-3-13)24-17(27)6-11-7-18(30-20(28)29)25-16-9-12(21)8-15(22)19(11)16/h2-6,8-9,18,25H,7H2,1H3,(H,23,26)(H,24,27)(H,28,29)/b11-6+. The molecule has 0 aliphatic carbocycles. The predicted octanol–water partition coefficient (Wildman–Crippen LogP) is 4.81. The lowest BCUT2D eigenvalue weighted by atomic mass is 9.95. The van der Waals surface area contributed by atoms with Crippen LogP contribution in [0.4, 0.5) is 21.9 Å². The van der Waals surface area contributed by atoms with Gasteiger partial charge in [0.1, 0.15) is 0 Å². The minimum Gasteiger partial charge on any atom is -0.450 e. The van der Waals surface area contributed by atoms with Gasteiger partial charge < -0.3 is 25.8 Å². The molecular formula is C20H17Cl2N3O5. The van der Waals surface area contributed by atoms with Crippen LogP contribution in [0, 0.1) is 0 Å². The fourth-order valence-corrected chi connectivity index (χ4v) is 3.66. The van der Waals surface area contributed by atoms with Crippen LogP contribution in [0.15, 0.2) is 42.5 Å². The summed E-state index contributed by atoms with van der Waals surface area (Å²) in [5.41, 5.74) is 2.61.